The number of pyridine rings is 1. The zero-order valence-electron chi connectivity index (χ0n) is 12.0. The zero-order chi connectivity index (χ0) is 15.6. The van der Waals surface area contributed by atoms with Gasteiger partial charge >= 0.3 is 0 Å². The van der Waals surface area contributed by atoms with Crippen LogP contribution in [0.2, 0.25) is 10.0 Å². The first-order valence-corrected chi connectivity index (χ1v) is 8.00. The van der Waals surface area contributed by atoms with E-state index in [4.69, 9.17) is 23.2 Å². The van der Waals surface area contributed by atoms with Gasteiger partial charge in [-0.1, -0.05) is 41.8 Å². The van der Waals surface area contributed by atoms with Crippen LogP contribution in [0.25, 0.3) is 0 Å². The molecule has 2 aromatic rings. The minimum Gasteiger partial charge on any atom is -0.351 e. The molecule has 1 fully saturated rings. The first-order chi connectivity index (χ1) is 10.6. The molecule has 114 valence electrons. The van der Waals surface area contributed by atoms with Crippen molar-refractivity contribution in [3.05, 3.63) is 63.9 Å². The number of hydrogen-bond donors (Lipinski definition) is 1. The first-order valence-electron chi connectivity index (χ1n) is 7.24. The normalized spacial score (nSPS) is 15.9. The van der Waals surface area contributed by atoms with Crippen molar-refractivity contribution in [1.29, 1.82) is 0 Å². The van der Waals surface area contributed by atoms with E-state index >= 15 is 0 Å². The van der Waals surface area contributed by atoms with Crippen molar-refractivity contribution >= 4 is 29.1 Å². The molecule has 3 nitrogen and oxygen atoms in total. The quantitative estimate of drug-likeness (QED) is 0.913. The maximum Gasteiger partial charge on any atom is 0.230 e. The van der Waals surface area contributed by atoms with E-state index in [9.17, 15) is 4.79 Å². The summed E-state index contributed by atoms with van der Waals surface area (Å²) >= 11 is 12.3. The Morgan fingerprint density at radius 3 is 2.68 bits per heavy atom. The second-order valence-electron chi connectivity index (χ2n) is 5.60. The first kappa shape index (κ1) is 15.3. The molecule has 0 radical (unpaired) electrons. The van der Waals surface area contributed by atoms with Gasteiger partial charge in [0.2, 0.25) is 5.91 Å². The molecule has 22 heavy (non-hydrogen) atoms. The predicted molar refractivity (Wildman–Crippen MR) is 88.1 cm³/mol. The van der Waals surface area contributed by atoms with E-state index in [1.54, 1.807) is 24.5 Å². The summed E-state index contributed by atoms with van der Waals surface area (Å²) in [6.45, 7) is 0.472. The lowest BCUT2D eigenvalue weighted by Crippen LogP contribution is -2.49. The summed E-state index contributed by atoms with van der Waals surface area (Å²) in [4.78, 5) is 16.8. The van der Waals surface area contributed by atoms with Crippen molar-refractivity contribution in [3.8, 4) is 0 Å². The van der Waals surface area contributed by atoms with Crippen molar-refractivity contribution in [2.24, 2.45) is 0 Å². The maximum absolute atomic E-state index is 12.7. The summed E-state index contributed by atoms with van der Waals surface area (Å²) in [5.74, 6) is 0.0202. The summed E-state index contributed by atoms with van der Waals surface area (Å²) in [5, 5.41) is 4.15. The van der Waals surface area contributed by atoms with Crippen LogP contribution >= 0.6 is 23.2 Å². The molecule has 1 heterocycles. The van der Waals surface area contributed by atoms with Crippen molar-refractivity contribution in [2.45, 2.75) is 31.2 Å². The average molecular weight is 335 g/mol. The number of nitrogens with one attached hydrogen (secondary N) is 1. The molecule has 0 unspecified atom stereocenters. The van der Waals surface area contributed by atoms with E-state index in [1.807, 2.05) is 18.2 Å². The van der Waals surface area contributed by atoms with Crippen LogP contribution in [0, 0.1) is 0 Å². The fraction of sp³-hybridized carbons (Fsp3) is 0.294. The van der Waals surface area contributed by atoms with E-state index in [2.05, 4.69) is 10.3 Å². The van der Waals surface area contributed by atoms with Gasteiger partial charge in [-0.15, -0.1) is 0 Å². The molecule has 1 aliphatic carbocycles. The van der Waals surface area contributed by atoms with Crippen LogP contribution in [0.15, 0.2) is 42.7 Å². The lowest BCUT2D eigenvalue weighted by molar-refractivity contribution is -0.130. The molecular formula is C17H16Cl2N2O. The van der Waals surface area contributed by atoms with Gasteiger partial charge in [0.05, 0.1) is 5.41 Å². The second-order valence-corrected chi connectivity index (χ2v) is 6.45. The maximum atomic E-state index is 12.7. The number of halogens is 2. The Bertz CT molecular complexity index is 684. The highest BCUT2D eigenvalue weighted by molar-refractivity contribution is 6.35. The smallest absolute Gasteiger partial charge is 0.230 e. The number of carbonyl (C=O) groups is 1. The third kappa shape index (κ3) is 2.83. The highest BCUT2D eigenvalue weighted by atomic mass is 35.5. The summed E-state index contributed by atoms with van der Waals surface area (Å²) in [6, 6.07) is 9.16. The van der Waals surface area contributed by atoms with Gasteiger partial charge in [0.15, 0.2) is 0 Å². The Morgan fingerprint density at radius 1 is 1.27 bits per heavy atom. The minimum absolute atomic E-state index is 0.0202. The highest BCUT2D eigenvalue weighted by Gasteiger charge is 2.46. The Labute approximate surface area is 139 Å². The summed E-state index contributed by atoms with van der Waals surface area (Å²) in [6.07, 6.45) is 6.12. The number of benzene rings is 1. The van der Waals surface area contributed by atoms with Crippen LogP contribution in [0.4, 0.5) is 0 Å². The van der Waals surface area contributed by atoms with Gasteiger partial charge in [-0.2, -0.15) is 0 Å². The molecule has 0 aliphatic heterocycles. The van der Waals surface area contributed by atoms with Crippen molar-refractivity contribution < 1.29 is 4.79 Å². The highest BCUT2D eigenvalue weighted by Crippen LogP contribution is 2.47. The molecule has 1 saturated carbocycles. The fourth-order valence-corrected chi connectivity index (χ4v) is 3.47. The third-order valence-corrected chi connectivity index (χ3v) is 4.81. The number of amides is 1. The Hall–Kier alpha value is -1.58. The topological polar surface area (TPSA) is 42.0 Å². The number of rotatable bonds is 4. The molecule has 3 rings (SSSR count). The van der Waals surface area contributed by atoms with E-state index in [0.29, 0.717) is 16.6 Å². The van der Waals surface area contributed by atoms with Gasteiger partial charge in [-0.3, -0.25) is 9.78 Å². The number of aromatic nitrogens is 1. The zero-order valence-corrected chi connectivity index (χ0v) is 13.5. The molecule has 5 heteroatoms. The monoisotopic (exact) mass is 334 g/mol. The molecule has 0 bridgehead atoms. The summed E-state index contributed by atoms with van der Waals surface area (Å²) in [7, 11) is 0. The van der Waals surface area contributed by atoms with Gasteiger partial charge in [0.1, 0.15) is 0 Å². The Morgan fingerprint density at radius 2 is 2.09 bits per heavy atom. The minimum atomic E-state index is -0.524. The molecule has 0 saturated heterocycles. The van der Waals surface area contributed by atoms with Gasteiger partial charge in [-0.25, -0.2) is 0 Å². The standard InChI is InChI=1S/C17H16Cl2N2O/c18-13-4-5-14(15(19)9-13)17(6-2-7-17)16(22)21-11-12-3-1-8-20-10-12/h1,3-5,8-10H,2,6-7,11H2,(H,21,22). The van der Waals surface area contributed by atoms with Crippen LogP contribution in [0.3, 0.4) is 0 Å². The van der Waals surface area contributed by atoms with Crippen LogP contribution in [0.5, 0.6) is 0 Å². The fourth-order valence-electron chi connectivity index (χ4n) is 2.88. The largest absolute Gasteiger partial charge is 0.351 e. The van der Waals surface area contributed by atoms with Crippen LogP contribution in [-0.4, -0.2) is 10.9 Å². The molecule has 0 spiro atoms. The average Bonchev–Trinajstić information content (AvgIpc) is 2.47. The third-order valence-electron chi connectivity index (χ3n) is 4.26. The van der Waals surface area contributed by atoms with Gasteiger partial charge in [0.25, 0.3) is 0 Å². The molecule has 1 aliphatic rings. The molecule has 1 N–H and O–H groups in total. The Balaban J connectivity index is 1.79. The molecular weight excluding hydrogens is 319 g/mol. The van der Waals surface area contributed by atoms with E-state index in [1.165, 1.54) is 0 Å². The van der Waals surface area contributed by atoms with Crippen molar-refractivity contribution in [2.75, 3.05) is 0 Å². The SMILES string of the molecule is O=C(NCc1cccnc1)C1(c2ccc(Cl)cc2Cl)CCC1. The van der Waals surface area contributed by atoms with E-state index in [0.717, 1.165) is 30.4 Å². The van der Waals surface area contributed by atoms with Crippen LogP contribution in [-0.2, 0) is 16.8 Å². The van der Waals surface area contributed by atoms with Gasteiger partial charge < -0.3 is 5.32 Å². The van der Waals surface area contributed by atoms with Gasteiger partial charge in [-0.05, 0) is 42.2 Å². The Kier molecular flexibility index (Phi) is 4.37. The van der Waals surface area contributed by atoms with E-state index in [-0.39, 0.29) is 5.91 Å². The molecule has 0 atom stereocenters. The number of nitrogens with zero attached hydrogens (tertiary/aromatic N) is 1. The van der Waals surface area contributed by atoms with E-state index < -0.39 is 5.41 Å². The second kappa shape index (κ2) is 6.27. The summed E-state index contributed by atoms with van der Waals surface area (Å²) < 4.78 is 0. The lowest BCUT2D eigenvalue weighted by Gasteiger charge is -2.41. The lowest BCUT2D eigenvalue weighted by atomic mass is 9.63. The van der Waals surface area contributed by atoms with Crippen LogP contribution < -0.4 is 5.32 Å². The van der Waals surface area contributed by atoms with Crippen LogP contribution in [0.1, 0.15) is 30.4 Å². The van der Waals surface area contributed by atoms with Gasteiger partial charge in [0, 0.05) is 29.0 Å². The number of carbonyl (C=O) groups excluding carboxylic acids is 1. The van der Waals surface area contributed by atoms with Crippen molar-refractivity contribution in [3.63, 3.8) is 0 Å². The predicted octanol–water partition coefficient (Wildman–Crippen LogP) is 4.13. The van der Waals surface area contributed by atoms with Crippen molar-refractivity contribution in [1.82, 2.24) is 10.3 Å². The molecule has 1 amide bonds. The summed E-state index contributed by atoms with van der Waals surface area (Å²) in [5.41, 5.74) is 1.32. The molecule has 1 aromatic heterocycles. The molecule has 1 aromatic carbocycles. The number of hydrogen-bond acceptors (Lipinski definition) is 2.